The third kappa shape index (κ3) is 1.64. The molecule has 0 saturated carbocycles. The minimum absolute atomic E-state index is 0.125. The second-order valence-electron chi connectivity index (χ2n) is 2.04. The average molecular weight is 156 g/mol. The molecule has 2 heteroatoms. The highest BCUT2D eigenvalue weighted by atomic mass is 35.5. The van der Waals surface area contributed by atoms with Crippen LogP contribution in [0.5, 0.6) is 0 Å². The average Bonchev–Trinajstić information content (AvgIpc) is 2.38. The zero-order chi connectivity index (χ0) is 7.40. The molecule has 0 spiro atoms. The smallest absolute Gasteiger partial charge is 0.0252 e. The maximum Gasteiger partial charge on any atom is 0.0252 e. The first-order chi connectivity index (χ1) is 4.84. The van der Waals surface area contributed by atoms with Gasteiger partial charge in [-0.15, -0.1) is 17.4 Å². The van der Waals surface area contributed by atoms with Crippen molar-refractivity contribution in [1.82, 2.24) is 0 Å². The lowest BCUT2D eigenvalue weighted by molar-refractivity contribution is -0.306. The molecule has 1 nitrogen and oxygen atoms in total. The maximum absolute atomic E-state index is 11.0. The van der Waals surface area contributed by atoms with Gasteiger partial charge in [-0.05, 0) is 12.0 Å². The van der Waals surface area contributed by atoms with E-state index in [1.807, 2.05) is 12.2 Å². The lowest BCUT2D eigenvalue weighted by atomic mass is 10.2. The Hall–Kier alpha value is -0.690. The zero-order valence-corrected chi connectivity index (χ0v) is 6.27. The first-order valence-electron chi connectivity index (χ1n) is 3.15. The highest BCUT2D eigenvalue weighted by Crippen LogP contribution is 2.11. The van der Waals surface area contributed by atoms with Crippen molar-refractivity contribution in [2.24, 2.45) is 0 Å². The summed E-state index contributed by atoms with van der Waals surface area (Å²) in [6.07, 6.45) is 7.73. The Morgan fingerprint density at radius 2 is 2.00 bits per heavy atom. The van der Waals surface area contributed by atoms with Crippen LogP contribution in [-0.4, -0.2) is 5.88 Å². The second-order valence-corrected chi connectivity index (χ2v) is 2.41. The molecule has 10 heavy (non-hydrogen) atoms. The van der Waals surface area contributed by atoms with E-state index < -0.39 is 0 Å². The van der Waals surface area contributed by atoms with Crippen LogP contribution in [0, 0.1) is 0 Å². The first-order valence-corrected chi connectivity index (χ1v) is 3.69. The third-order valence-corrected chi connectivity index (χ3v) is 1.50. The standard InChI is InChI=1S/C8H9ClO/c9-6-5-8(10)7-3-1-2-4-7/h1-4,10H,5-6H2/p-1. The van der Waals surface area contributed by atoms with Crippen LogP contribution in [0.4, 0.5) is 0 Å². The molecule has 1 aliphatic carbocycles. The SMILES string of the molecule is [O-]C(CCCl)=C1C=CC=C1. The Kier molecular flexibility index (Phi) is 2.57. The summed E-state index contributed by atoms with van der Waals surface area (Å²) in [7, 11) is 0. The molecule has 0 fully saturated rings. The van der Waals surface area contributed by atoms with Crippen LogP contribution >= 0.6 is 11.6 Å². The van der Waals surface area contributed by atoms with Gasteiger partial charge in [-0.2, -0.15) is 0 Å². The van der Waals surface area contributed by atoms with Gasteiger partial charge in [0.15, 0.2) is 0 Å². The summed E-state index contributed by atoms with van der Waals surface area (Å²) in [6, 6.07) is 0. The minimum Gasteiger partial charge on any atom is -0.875 e. The van der Waals surface area contributed by atoms with E-state index in [1.54, 1.807) is 12.2 Å². The molecule has 0 aromatic carbocycles. The fourth-order valence-corrected chi connectivity index (χ4v) is 0.962. The van der Waals surface area contributed by atoms with E-state index in [2.05, 4.69) is 0 Å². The molecular weight excluding hydrogens is 148 g/mol. The number of hydrogen-bond acceptors (Lipinski definition) is 1. The van der Waals surface area contributed by atoms with Gasteiger partial charge in [-0.3, -0.25) is 0 Å². The molecule has 0 aliphatic heterocycles. The van der Waals surface area contributed by atoms with Crippen LogP contribution in [0.3, 0.4) is 0 Å². The van der Waals surface area contributed by atoms with Gasteiger partial charge in [0, 0.05) is 5.88 Å². The zero-order valence-electron chi connectivity index (χ0n) is 5.51. The van der Waals surface area contributed by atoms with Gasteiger partial charge in [0.05, 0.1) is 0 Å². The van der Waals surface area contributed by atoms with E-state index >= 15 is 0 Å². The molecule has 0 amide bonds. The number of halogens is 1. The molecule has 0 unspecified atom stereocenters. The fourth-order valence-electron chi connectivity index (χ4n) is 0.790. The van der Waals surface area contributed by atoms with Crippen LogP contribution in [0.1, 0.15) is 6.42 Å². The summed E-state index contributed by atoms with van der Waals surface area (Å²) in [5.74, 6) is 0.532. The van der Waals surface area contributed by atoms with Gasteiger partial charge in [-0.25, -0.2) is 0 Å². The lowest BCUT2D eigenvalue weighted by Crippen LogP contribution is -2.06. The first kappa shape index (κ1) is 7.42. The van der Waals surface area contributed by atoms with Crippen LogP contribution in [-0.2, 0) is 0 Å². The van der Waals surface area contributed by atoms with Crippen LogP contribution in [0.25, 0.3) is 0 Å². The van der Waals surface area contributed by atoms with Crippen LogP contribution in [0.2, 0.25) is 0 Å². The molecule has 54 valence electrons. The Balaban J connectivity index is 2.65. The highest BCUT2D eigenvalue weighted by Gasteiger charge is 1.92. The quantitative estimate of drug-likeness (QED) is 0.436. The predicted molar refractivity (Wildman–Crippen MR) is 40.6 cm³/mol. The van der Waals surface area contributed by atoms with Crippen molar-refractivity contribution in [1.29, 1.82) is 0 Å². The molecule has 0 radical (unpaired) electrons. The number of rotatable bonds is 2. The largest absolute Gasteiger partial charge is 0.875 e. The molecule has 0 aromatic rings. The summed E-state index contributed by atoms with van der Waals surface area (Å²) in [6.45, 7) is 0. The van der Waals surface area contributed by atoms with Gasteiger partial charge in [0.25, 0.3) is 0 Å². The third-order valence-electron chi connectivity index (χ3n) is 1.31. The molecule has 0 N–H and O–H groups in total. The van der Waals surface area contributed by atoms with Crippen molar-refractivity contribution in [2.75, 3.05) is 5.88 Å². The summed E-state index contributed by atoms with van der Waals surface area (Å²) >= 11 is 5.39. The van der Waals surface area contributed by atoms with Gasteiger partial charge in [0.2, 0.25) is 0 Å². The monoisotopic (exact) mass is 155 g/mol. The van der Waals surface area contributed by atoms with E-state index in [-0.39, 0.29) is 5.76 Å². The molecule has 1 aliphatic rings. The summed E-state index contributed by atoms with van der Waals surface area (Å²) < 4.78 is 0. The second kappa shape index (κ2) is 3.47. The van der Waals surface area contributed by atoms with E-state index in [0.717, 1.165) is 5.57 Å². The molecule has 1 rings (SSSR count). The summed E-state index contributed by atoms with van der Waals surface area (Å²) in [5.41, 5.74) is 0.764. The molecular formula is C8H8ClO-. The molecule has 0 saturated heterocycles. The van der Waals surface area contributed by atoms with Gasteiger partial charge >= 0.3 is 0 Å². The predicted octanol–water partition coefficient (Wildman–Crippen LogP) is 1.36. The van der Waals surface area contributed by atoms with Crippen LogP contribution < -0.4 is 5.11 Å². The topological polar surface area (TPSA) is 23.1 Å². The van der Waals surface area contributed by atoms with Crippen molar-refractivity contribution in [3.8, 4) is 0 Å². The van der Waals surface area contributed by atoms with Crippen molar-refractivity contribution < 1.29 is 5.11 Å². The van der Waals surface area contributed by atoms with E-state index in [1.165, 1.54) is 0 Å². The number of allylic oxidation sites excluding steroid dienone is 6. The van der Waals surface area contributed by atoms with Gasteiger partial charge < -0.3 is 5.11 Å². The molecule has 0 bridgehead atoms. The Bertz CT molecular complexity index is 187. The van der Waals surface area contributed by atoms with Crippen molar-refractivity contribution in [2.45, 2.75) is 6.42 Å². The summed E-state index contributed by atoms with van der Waals surface area (Å²) in [4.78, 5) is 0. The summed E-state index contributed by atoms with van der Waals surface area (Å²) in [5, 5.41) is 11.0. The van der Waals surface area contributed by atoms with E-state index in [0.29, 0.717) is 12.3 Å². The van der Waals surface area contributed by atoms with Crippen molar-refractivity contribution in [3.05, 3.63) is 35.6 Å². The van der Waals surface area contributed by atoms with Crippen molar-refractivity contribution >= 4 is 11.6 Å². The normalized spacial score (nSPS) is 14.7. The number of hydrogen-bond donors (Lipinski definition) is 0. The molecule has 0 aromatic heterocycles. The van der Waals surface area contributed by atoms with Gasteiger partial charge in [0.1, 0.15) is 0 Å². The number of alkyl halides is 1. The van der Waals surface area contributed by atoms with Gasteiger partial charge in [-0.1, -0.05) is 24.3 Å². The Labute approximate surface area is 65.3 Å². The molecule has 0 atom stereocenters. The highest BCUT2D eigenvalue weighted by molar-refractivity contribution is 6.17. The Morgan fingerprint density at radius 3 is 2.50 bits per heavy atom. The minimum atomic E-state index is 0.125. The Morgan fingerprint density at radius 1 is 1.40 bits per heavy atom. The molecule has 0 heterocycles. The fraction of sp³-hybridized carbons (Fsp3) is 0.250. The lowest BCUT2D eigenvalue weighted by Gasteiger charge is -2.11. The van der Waals surface area contributed by atoms with E-state index in [4.69, 9.17) is 11.6 Å². The van der Waals surface area contributed by atoms with Crippen molar-refractivity contribution in [3.63, 3.8) is 0 Å². The van der Waals surface area contributed by atoms with Crippen LogP contribution in [0.15, 0.2) is 35.6 Å². The maximum atomic E-state index is 11.0. The van der Waals surface area contributed by atoms with E-state index in [9.17, 15) is 5.11 Å².